The van der Waals surface area contributed by atoms with Gasteiger partial charge in [0.2, 0.25) is 0 Å². The van der Waals surface area contributed by atoms with Crippen molar-refractivity contribution in [3.8, 4) is 11.5 Å². The molecule has 14 heavy (non-hydrogen) atoms. The standard InChI is InChI=1S/C9H10N4S/c1-5-6(2)12-9(13-8(5)10)7-3-14-4-11-7/h3-4H,1-2H3,(H2,10,12,13). The van der Waals surface area contributed by atoms with Gasteiger partial charge in [0, 0.05) is 16.6 Å². The second-order valence-electron chi connectivity index (χ2n) is 3.02. The first kappa shape index (κ1) is 9.08. The number of hydrogen-bond acceptors (Lipinski definition) is 5. The van der Waals surface area contributed by atoms with E-state index in [0.717, 1.165) is 17.0 Å². The maximum absolute atomic E-state index is 5.75. The fraction of sp³-hybridized carbons (Fsp3) is 0.222. The molecular weight excluding hydrogens is 196 g/mol. The highest BCUT2D eigenvalue weighted by atomic mass is 32.1. The summed E-state index contributed by atoms with van der Waals surface area (Å²) >= 11 is 1.52. The van der Waals surface area contributed by atoms with Crippen LogP contribution in [0.1, 0.15) is 11.3 Å². The lowest BCUT2D eigenvalue weighted by Gasteiger charge is -2.04. The Kier molecular flexibility index (Phi) is 2.17. The van der Waals surface area contributed by atoms with Crippen LogP contribution in [0.25, 0.3) is 11.5 Å². The number of hydrogen-bond donors (Lipinski definition) is 1. The minimum Gasteiger partial charge on any atom is -0.383 e. The van der Waals surface area contributed by atoms with E-state index in [9.17, 15) is 0 Å². The molecule has 0 atom stereocenters. The van der Waals surface area contributed by atoms with Gasteiger partial charge in [0.15, 0.2) is 5.82 Å². The van der Waals surface area contributed by atoms with Gasteiger partial charge in [-0.15, -0.1) is 11.3 Å². The second kappa shape index (κ2) is 3.34. The van der Waals surface area contributed by atoms with Crippen molar-refractivity contribution in [3.63, 3.8) is 0 Å². The molecule has 0 spiro atoms. The highest BCUT2D eigenvalue weighted by molar-refractivity contribution is 7.07. The summed E-state index contributed by atoms with van der Waals surface area (Å²) in [6.45, 7) is 3.83. The van der Waals surface area contributed by atoms with Crippen LogP contribution < -0.4 is 5.73 Å². The minimum absolute atomic E-state index is 0.528. The van der Waals surface area contributed by atoms with Gasteiger partial charge in [-0.3, -0.25) is 0 Å². The van der Waals surface area contributed by atoms with Gasteiger partial charge in [0.05, 0.1) is 5.51 Å². The number of aromatic nitrogens is 3. The van der Waals surface area contributed by atoms with E-state index in [2.05, 4.69) is 15.0 Å². The molecule has 2 N–H and O–H groups in total. The Morgan fingerprint density at radius 1 is 1.29 bits per heavy atom. The average molecular weight is 206 g/mol. The summed E-state index contributed by atoms with van der Waals surface area (Å²) in [5.41, 5.74) is 10.1. The third kappa shape index (κ3) is 1.46. The molecule has 0 unspecified atom stereocenters. The van der Waals surface area contributed by atoms with Crippen LogP contribution in [0, 0.1) is 13.8 Å². The Balaban J connectivity index is 2.57. The molecule has 0 saturated carbocycles. The Labute approximate surface area is 85.9 Å². The average Bonchev–Trinajstić information content (AvgIpc) is 2.66. The number of thiazole rings is 1. The molecule has 0 aromatic carbocycles. The molecule has 0 radical (unpaired) electrons. The molecule has 0 saturated heterocycles. The van der Waals surface area contributed by atoms with E-state index in [1.807, 2.05) is 19.2 Å². The minimum atomic E-state index is 0.528. The molecule has 2 aromatic rings. The van der Waals surface area contributed by atoms with Crippen molar-refractivity contribution in [1.82, 2.24) is 15.0 Å². The van der Waals surface area contributed by atoms with Crippen molar-refractivity contribution >= 4 is 17.2 Å². The predicted octanol–water partition coefficient (Wildman–Crippen LogP) is 1.80. The number of anilines is 1. The molecule has 0 aliphatic carbocycles. The van der Waals surface area contributed by atoms with E-state index in [-0.39, 0.29) is 0 Å². The van der Waals surface area contributed by atoms with E-state index < -0.39 is 0 Å². The van der Waals surface area contributed by atoms with Crippen LogP contribution in [-0.4, -0.2) is 15.0 Å². The smallest absolute Gasteiger partial charge is 0.181 e. The molecule has 0 bridgehead atoms. The largest absolute Gasteiger partial charge is 0.383 e. The summed E-state index contributed by atoms with van der Waals surface area (Å²) in [6, 6.07) is 0. The summed E-state index contributed by atoms with van der Waals surface area (Å²) in [4.78, 5) is 12.7. The molecule has 2 rings (SSSR count). The predicted molar refractivity (Wildman–Crippen MR) is 57.0 cm³/mol. The van der Waals surface area contributed by atoms with Crippen molar-refractivity contribution in [2.24, 2.45) is 0 Å². The summed E-state index contributed by atoms with van der Waals surface area (Å²) in [6.07, 6.45) is 0. The van der Waals surface area contributed by atoms with Crippen molar-refractivity contribution < 1.29 is 0 Å². The zero-order chi connectivity index (χ0) is 10.1. The summed E-state index contributed by atoms with van der Waals surface area (Å²) in [5.74, 6) is 1.13. The van der Waals surface area contributed by atoms with Gasteiger partial charge in [0.1, 0.15) is 11.5 Å². The number of nitrogens with two attached hydrogens (primary N) is 1. The van der Waals surface area contributed by atoms with Crippen LogP contribution in [0.5, 0.6) is 0 Å². The monoisotopic (exact) mass is 206 g/mol. The zero-order valence-corrected chi connectivity index (χ0v) is 8.80. The molecule has 2 heterocycles. The van der Waals surface area contributed by atoms with Crippen LogP contribution in [0.2, 0.25) is 0 Å². The van der Waals surface area contributed by atoms with Crippen molar-refractivity contribution in [2.75, 3.05) is 5.73 Å². The lowest BCUT2D eigenvalue weighted by molar-refractivity contribution is 1.07. The first-order valence-corrected chi connectivity index (χ1v) is 5.12. The van der Waals surface area contributed by atoms with Crippen LogP contribution in [-0.2, 0) is 0 Å². The maximum Gasteiger partial charge on any atom is 0.181 e. The third-order valence-corrected chi connectivity index (χ3v) is 2.67. The molecule has 72 valence electrons. The lowest BCUT2D eigenvalue weighted by atomic mass is 10.2. The van der Waals surface area contributed by atoms with Gasteiger partial charge in [-0.2, -0.15) is 0 Å². The molecule has 0 amide bonds. The third-order valence-electron chi connectivity index (χ3n) is 2.09. The number of rotatable bonds is 1. The normalized spacial score (nSPS) is 10.4. The Bertz CT molecular complexity index is 427. The maximum atomic E-state index is 5.75. The number of nitrogen functional groups attached to an aromatic ring is 1. The van der Waals surface area contributed by atoms with E-state index >= 15 is 0 Å². The molecule has 0 aliphatic rings. The number of aryl methyl sites for hydroxylation is 1. The van der Waals surface area contributed by atoms with Crippen LogP contribution >= 0.6 is 11.3 Å². The van der Waals surface area contributed by atoms with Crippen molar-refractivity contribution in [1.29, 1.82) is 0 Å². The SMILES string of the molecule is Cc1nc(-c2cscn2)nc(N)c1C. The van der Waals surface area contributed by atoms with Gasteiger partial charge in [-0.05, 0) is 13.8 Å². The first-order chi connectivity index (χ1) is 6.68. The Morgan fingerprint density at radius 2 is 2.07 bits per heavy atom. The van der Waals surface area contributed by atoms with Gasteiger partial charge in [-0.25, -0.2) is 15.0 Å². The van der Waals surface area contributed by atoms with Crippen LogP contribution in [0.15, 0.2) is 10.9 Å². The highest BCUT2D eigenvalue weighted by Crippen LogP contribution is 2.19. The Morgan fingerprint density at radius 3 is 2.64 bits per heavy atom. The van der Waals surface area contributed by atoms with Gasteiger partial charge in [0.25, 0.3) is 0 Å². The fourth-order valence-electron chi connectivity index (χ4n) is 1.09. The van der Waals surface area contributed by atoms with E-state index in [4.69, 9.17) is 5.73 Å². The zero-order valence-electron chi connectivity index (χ0n) is 7.98. The second-order valence-corrected chi connectivity index (χ2v) is 3.74. The van der Waals surface area contributed by atoms with E-state index in [0.29, 0.717) is 11.6 Å². The van der Waals surface area contributed by atoms with Crippen LogP contribution in [0.3, 0.4) is 0 Å². The lowest BCUT2D eigenvalue weighted by Crippen LogP contribution is -2.02. The Hall–Kier alpha value is -1.49. The first-order valence-electron chi connectivity index (χ1n) is 4.17. The summed E-state index contributed by atoms with van der Waals surface area (Å²) < 4.78 is 0. The quantitative estimate of drug-likeness (QED) is 0.772. The summed E-state index contributed by atoms with van der Waals surface area (Å²) in [7, 11) is 0. The molecule has 0 fully saturated rings. The molecule has 5 heteroatoms. The van der Waals surface area contributed by atoms with E-state index in [1.165, 1.54) is 11.3 Å². The van der Waals surface area contributed by atoms with Crippen molar-refractivity contribution in [3.05, 3.63) is 22.1 Å². The molecule has 4 nitrogen and oxygen atoms in total. The van der Waals surface area contributed by atoms with Gasteiger partial charge < -0.3 is 5.73 Å². The van der Waals surface area contributed by atoms with Gasteiger partial charge in [-0.1, -0.05) is 0 Å². The van der Waals surface area contributed by atoms with Crippen LogP contribution in [0.4, 0.5) is 5.82 Å². The fourth-order valence-corrected chi connectivity index (χ4v) is 1.62. The molecular formula is C9H10N4S. The number of nitrogens with zero attached hydrogens (tertiary/aromatic N) is 3. The topological polar surface area (TPSA) is 64.7 Å². The van der Waals surface area contributed by atoms with Crippen molar-refractivity contribution in [2.45, 2.75) is 13.8 Å². The highest BCUT2D eigenvalue weighted by Gasteiger charge is 2.08. The van der Waals surface area contributed by atoms with E-state index in [1.54, 1.807) is 5.51 Å². The van der Waals surface area contributed by atoms with Gasteiger partial charge >= 0.3 is 0 Å². The molecule has 0 aliphatic heterocycles. The summed E-state index contributed by atoms with van der Waals surface area (Å²) in [5, 5.41) is 1.91. The molecule has 2 aromatic heterocycles.